The Labute approximate surface area is 143 Å². The van der Waals surface area contributed by atoms with Gasteiger partial charge in [-0.25, -0.2) is 9.78 Å². The number of esters is 1. The summed E-state index contributed by atoms with van der Waals surface area (Å²) in [5.41, 5.74) is 7.75. The Kier molecular flexibility index (Phi) is 5.79. The van der Waals surface area contributed by atoms with Crippen LogP contribution in [0.3, 0.4) is 0 Å². The van der Waals surface area contributed by atoms with Crippen molar-refractivity contribution in [3.05, 3.63) is 36.2 Å². The van der Waals surface area contributed by atoms with Crippen molar-refractivity contribution in [1.29, 1.82) is 0 Å². The normalized spacial score (nSPS) is 11.5. The van der Waals surface area contributed by atoms with E-state index in [4.69, 9.17) is 15.2 Å². The number of nitrogens with zero attached hydrogens (tertiary/aromatic N) is 2. The summed E-state index contributed by atoms with van der Waals surface area (Å²) in [5, 5.41) is 0. The van der Waals surface area contributed by atoms with Crippen LogP contribution < -0.4 is 5.73 Å². The van der Waals surface area contributed by atoms with E-state index in [0.717, 1.165) is 24.0 Å². The van der Waals surface area contributed by atoms with Gasteiger partial charge in [0.2, 0.25) is 0 Å². The average Bonchev–Trinajstić information content (AvgIpc) is 2.98. The van der Waals surface area contributed by atoms with Crippen molar-refractivity contribution in [1.82, 2.24) is 9.55 Å². The summed E-state index contributed by atoms with van der Waals surface area (Å²) in [5.74, 6) is 0.309. The summed E-state index contributed by atoms with van der Waals surface area (Å²) in [6, 6.07) is 6.18. The predicted molar refractivity (Wildman–Crippen MR) is 97.5 cm³/mol. The van der Waals surface area contributed by atoms with Gasteiger partial charge in [-0.3, -0.25) is 0 Å². The molecular weight excluding hydrogens is 322 g/mol. The van der Waals surface area contributed by atoms with Crippen molar-refractivity contribution in [2.75, 3.05) is 19.5 Å². The second-order valence-electron chi connectivity index (χ2n) is 6.86. The molecule has 1 heterocycles. The van der Waals surface area contributed by atoms with Crippen LogP contribution in [-0.4, -0.2) is 37.3 Å². The van der Waals surface area contributed by atoms with Gasteiger partial charge in [-0.2, -0.15) is 0 Å². The number of nitrogen functional groups attached to an aromatic ring is 1. The van der Waals surface area contributed by atoms with Crippen LogP contribution in [0.1, 0.15) is 10.4 Å². The van der Waals surface area contributed by atoms with E-state index in [1.165, 1.54) is 7.11 Å². The molecule has 2 rings (SSSR count). The molecule has 24 heavy (non-hydrogen) atoms. The lowest BCUT2D eigenvalue weighted by atomic mass is 10.1. The first kappa shape index (κ1) is 18.2. The van der Waals surface area contributed by atoms with E-state index in [-0.39, 0.29) is 0 Å². The van der Waals surface area contributed by atoms with Crippen LogP contribution in [0.25, 0.3) is 11.4 Å². The molecule has 0 amide bonds. The summed E-state index contributed by atoms with van der Waals surface area (Å²) < 4.78 is 12.4. The molecule has 6 nitrogen and oxygen atoms in total. The summed E-state index contributed by atoms with van der Waals surface area (Å²) in [4.78, 5) is 15.9. The number of ether oxygens (including phenoxy) is 2. The average molecular weight is 347 g/mol. The number of methoxy groups -OCH3 is 1. The minimum Gasteiger partial charge on any atom is -0.465 e. The molecule has 2 aromatic rings. The van der Waals surface area contributed by atoms with E-state index in [0.29, 0.717) is 18.0 Å². The summed E-state index contributed by atoms with van der Waals surface area (Å²) in [7, 11) is 0.244. The Balaban J connectivity index is 2.11. The molecule has 0 spiro atoms. The molecule has 0 aliphatic rings. The lowest BCUT2D eigenvalue weighted by Gasteiger charge is -2.16. The topological polar surface area (TPSA) is 79.4 Å². The quantitative estimate of drug-likeness (QED) is 0.360. The highest BCUT2D eigenvalue weighted by atomic mass is 28.3. The summed E-state index contributed by atoms with van der Waals surface area (Å²) in [6.07, 6.45) is 3.57. The van der Waals surface area contributed by atoms with Crippen molar-refractivity contribution in [3.63, 3.8) is 0 Å². The van der Waals surface area contributed by atoms with Crippen molar-refractivity contribution >= 4 is 19.7 Å². The maximum Gasteiger partial charge on any atom is 0.337 e. The number of imidazole rings is 1. The monoisotopic (exact) mass is 347 g/mol. The number of benzene rings is 1. The lowest BCUT2D eigenvalue weighted by molar-refractivity contribution is 0.0600. The fraction of sp³-hybridized carbons (Fsp3) is 0.412. The van der Waals surface area contributed by atoms with Gasteiger partial charge in [0.15, 0.2) is 0 Å². The largest absolute Gasteiger partial charge is 0.465 e. The lowest BCUT2D eigenvalue weighted by Crippen LogP contribution is -2.22. The van der Waals surface area contributed by atoms with Crippen LogP contribution in [0.5, 0.6) is 0 Å². The molecule has 0 saturated heterocycles. The van der Waals surface area contributed by atoms with E-state index in [1.807, 2.05) is 10.8 Å². The van der Waals surface area contributed by atoms with Crippen molar-refractivity contribution in [3.8, 4) is 11.4 Å². The molecule has 0 aliphatic heterocycles. The molecule has 1 aromatic heterocycles. The van der Waals surface area contributed by atoms with Gasteiger partial charge < -0.3 is 19.8 Å². The van der Waals surface area contributed by atoms with Gasteiger partial charge in [-0.05, 0) is 24.2 Å². The van der Waals surface area contributed by atoms with Crippen LogP contribution in [0.15, 0.2) is 30.6 Å². The van der Waals surface area contributed by atoms with Crippen molar-refractivity contribution in [2.45, 2.75) is 32.4 Å². The number of anilines is 1. The number of hydrogen-bond acceptors (Lipinski definition) is 5. The molecule has 7 heteroatoms. The Morgan fingerprint density at radius 3 is 2.71 bits per heavy atom. The van der Waals surface area contributed by atoms with E-state index < -0.39 is 14.0 Å². The first-order valence-corrected chi connectivity index (χ1v) is 11.6. The van der Waals surface area contributed by atoms with Crippen LogP contribution in [0, 0.1) is 0 Å². The number of rotatable bonds is 7. The van der Waals surface area contributed by atoms with E-state index in [2.05, 4.69) is 24.6 Å². The van der Waals surface area contributed by atoms with Crippen LogP contribution in [0.4, 0.5) is 5.69 Å². The summed E-state index contributed by atoms with van der Waals surface area (Å²) in [6.45, 7) is 8.13. The maximum atomic E-state index is 11.6. The zero-order valence-electron chi connectivity index (χ0n) is 14.7. The van der Waals surface area contributed by atoms with Crippen molar-refractivity contribution < 1.29 is 14.3 Å². The fourth-order valence-corrected chi connectivity index (χ4v) is 2.97. The molecule has 1 aromatic carbocycles. The van der Waals surface area contributed by atoms with Gasteiger partial charge in [0, 0.05) is 38.3 Å². The molecule has 0 aliphatic carbocycles. The van der Waals surface area contributed by atoms with Gasteiger partial charge in [-0.15, -0.1) is 0 Å². The Bertz CT molecular complexity index is 707. The molecule has 0 saturated carbocycles. The van der Waals surface area contributed by atoms with Crippen LogP contribution in [-0.2, 0) is 16.2 Å². The Hall–Kier alpha value is -2.12. The second kappa shape index (κ2) is 7.63. The molecule has 130 valence electrons. The van der Waals surface area contributed by atoms with Gasteiger partial charge in [-0.1, -0.05) is 19.6 Å². The number of aromatic nitrogens is 2. The number of carbonyl (C=O) groups excluding carboxylic acids is 1. The highest BCUT2D eigenvalue weighted by Gasteiger charge is 2.14. The minimum atomic E-state index is -1.10. The number of hydrogen-bond donors (Lipinski definition) is 1. The highest BCUT2D eigenvalue weighted by Crippen LogP contribution is 2.26. The molecule has 0 radical (unpaired) electrons. The van der Waals surface area contributed by atoms with E-state index in [9.17, 15) is 4.79 Å². The zero-order chi connectivity index (χ0) is 17.7. The minimum absolute atomic E-state index is 0.411. The van der Waals surface area contributed by atoms with E-state index >= 15 is 0 Å². The van der Waals surface area contributed by atoms with Crippen LogP contribution in [0.2, 0.25) is 25.7 Å². The molecule has 0 unspecified atom stereocenters. The fourth-order valence-electron chi connectivity index (χ4n) is 2.21. The third-order valence-electron chi connectivity index (χ3n) is 3.66. The molecular formula is C17H25N3O3Si. The third-order valence-corrected chi connectivity index (χ3v) is 5.36. The second-order valence-corrected chi connectivity index (χ2v) is 12.5. The van der Waals surface area contributed by atoms with Gasteiger partial charge in [0.25, 0.3) is 0 Å². The summed E-state index contributed by atoms with van der Waals surface area (Å²) >= 11 is 0. The zero-order valence-corrected chi connectivity index (χ0v) is 15.7. The molecule has 2 N–H and O–H groups in total. The molecule has 0 fully saturated rings. The molecule has 0 atom stereocenters. The van der Waals surface area contributed by atoms with Gasteiger partial charge in [0.1, 0.15) is 12.6 Å². The smallest absolute Gasteiger partial charge is 0.337 e. The van der Waals surface area contributed by atoms with Gasteiger partial charge >= 0.3 is 5.97 Å². The number of carbonyl (C=O) groups is 1. The predicted octanol–water partition coefficient (Wildman–Crippen LogP) is 3.23. The third kappa shape index (κ3) is 4.69. The SMILES string of the molecule is COC(=O)c1ccc(-c2nccn2COCC[Si](C)(C)C)c(N)c1. The first-order chi connectivity index (χ1) is 11.3. The Morgan fingerprint density at radius 2 is 2.08 bits per heavy atom. The highest BCUT2D eigenvalue weighted by molar-refractivity contribution is 6.76. The van der Waals surface area contributed by atoms with Gasteiger partial charge in [0.05, 0.1) is 12.7 Å². The van der Waals surface area contributed by atoms with E-state index in [1.54, 1.807) is 24.4 Å². The van der Waals surface area contributed by atoms with Crippen molar-refractivity contribution in [2.24, 2.45) is 0 Å². The standard InChI is InChI=1S/C17H25N3O3Si/c1-22-17(21)13-5-6-14(15(18)11-13)16-19-7-8-20(16)12-23-9-10-24(2,3)4/h5-8,11H,9-10,12,18H2,1-4H3. The van der Waals surface area contributed by atoms with Crippen LogP contribution >= 0.6 is 0 Å². The maximum absolute atomic E-state index is 11.6. The Morgan fingerprint density at radius 1 is 1.33 bits per heavy atom. The number of nitrogens with two attached hydrogens (primary N) is 1. The molecule has 0 bridgehead atoms. The first-order valence-electron chi connectivity index (χ1n) is 7.89.